The zero-order valence-electron chi connectivity index (χ0n) is 21.9. The molecule has 5 heteroatoms. The molecule has 0 N–H and O–H groups in total. The van der Waals surface area contributed by atoms with Crippen LogP contribution < -0.4 is 0 Å². The highest BCUT2D eigenvalue weighted by Crippen LogP contribution is 2.31. The topological polar surface area (TPSA) is 69.7 Å². The zero-order valence-corrected chi connectivity index (χ0v) is 21.9. The van der Waals surface area contributed by atoms with Crippen molar-refractivity contribution >= 4 is 17.7 Å². The molecule has 1 aliphatic carbocycles. The summed E-state index contributed by atoms with van der Waals surface area (Å²) in [7, 11) is 0. The van der Waals surface area contributed by atoms with Crippen molar-refractivity contribution in [1.82, 2.24) is 0 Å². The van der Waals surface area contributed by atoms with Gasteiger partial charge >= 0.3 is 11.9 Å². The number of esters is 2. The van der Waals surface area contributed by atoms with E-state index in [1.165, 1.54) is 12.8 Å². The van der Waals surface area contributed by atoms with Gasteiger partial charge in [0.25, 0.3) is 0 Å². The summed E-state index contributed by atoms with van der Waals surface area (Å²) in [6, 6.07) is 0. The molecule has 0 radical (unpaired) electrons. The van der Waals surface area contributed by atoms with Crippen LogP contribution in [0.2, 0.25) is 0 Å². The Labute approximate surface area is 202 Å². The van der Waals surface area contributed by atoms with Crippen LogP contribution in [0, 0.1) is 23.7 Å². The van der Waals surface area contributed by atoms with Crippen molar-refractivity contribution in [3.8, 4) is 0 Å². The maximum atomic E-state index is 12.9. The van der Waals surface area contributed by atoms with Crippen LogP contribution in [-0.2, 0) is 23.9 Å². The minimum atomic E-state index is -0.183. The Hall–Kier alpha value is -1.39. The number of hydrogen-bond acceptors (Lipinski definition) is 5. The van der Waals surface area contributed by atoms with Gasteiger partial charge in [0, 0.05) is 24.7 Å². The zero-order chi connectivity index (χ0) is 24.5. The summed E-state index contributed by atoms with van der Waals surface area (Å²) in [5.74, 6) is 0.586. The average Bonchev–Trinajstić information content (AvgIpc) is 2.82. The van der Waals surface area contributed by atoms with Crippen molar-refractivity contribution in [2.24, 2.45) is 23.7 Å². The van der Waals surface area contributed by atoms with Gasteiger partial charge in [-0.15, -0.1) is 0 Å². The molecule has 0 aromatic heterocycles. The Morgan fingerprint density at radius 3 is 1.58 bits per heavy atom. The molecule has 192 valence electrons. The number of carbonyl (C=O) groups is 3. The van der Waals surface area contributed by atoms with Crippen molar-refractivity contribution in [3.05, 3.63) is 0 Å². The van der Waals surface area contributed by atoms with Crippen LogP contribution >= 0.6 is 0 Å². The molecule has 1 aliphatic rings. The van der Waals surface area contributed by atoms with Gasteiger partial charge in [0.2, 0.25) is 0 Å². The first kappa shape index (κ1) is 29.6. The van der Waals surface area contributed by atoms with Gasteiger partial charge in [-0.2, -0.15) is 0 Å². The van der Waals surface area contributed by atoms with E-state index in [0.29, 0.717) is 50.7 Å². The summed E-state index contributed by atoms with van der Waals surface area (Å²) in [5.41, 5.74) is 0. The molecule has 0 spiro atoms. The first-order valence-corrected chi connectivity index (χ1v) is 13.8. The van der Waals surface area contributed by atoms with Crippen LogP contribution in [0.4, 0.5) is 0 Å². The number of unbranched alkanes of at least 4 members (excludes halogenated alkanes) is 2. The van der Waals surface area contributed by atoms with Crippen molar-refractivity contribution in [2.45, 2.75) is 124 Å². The minimum absolute atomic E-state index is 0.0760. The Morgan fingerprint density at radius 2 is 1.21 bits per heavy atom. The van der Waals surface area contributed by atoms with Crippen LogP contribution in [0.5, 0.6) is 0 Å². The van der Waals surface area contributed by atoms with Gasteiger partial charge in [0.05, 0.1) is 13.2 Å². The van der Waals surface area contributed by atoms with Crippen LogP contribution in [0.25, 0.3) is 0 Å². The third-order valence-electron chi connectivity index (χ3n) is 7.35. The first-order chi connectivity index (χ1) is 15.9. The van der Waals surface area contributed by atoms with Gasteiger partial charge in [-0.25, -0.2) is 0 Å². The molecule has 0 amide bonds. The van der Waals surface area contributed by atoms with E-state index in [-0.39, 0.29) is 29.6 Å². The van der Waals surface area contributed by atoms with Gasteiger partial charge in [-0.1, -0.05) is 72.6 Å². The normalized spacial score (nSPS) is 20.3. The third kappa shape index (κ3) is 12.6. The van der Waals surface area contributed by atoms with Gasteiger partial charge < -0.3 is 9.47 Å². The highest BCUT2D eigenvalue weighted by atomic mass is 16.5. The monoisotopic (exact) mass is 466 g/mol. The highest BCUT2D eigenvalue weighted by molar-refractivity contribution is 5.85. The fourth-order valence-electron chi connectivity index (χ4n) is 4.75. The second kappa shape index (κ2) is 18.0. The Bertz CT molecular complexity index is 512. The molecule has 33 heavy (non-hydrogen) atoms. The lowest BCUT2D eigenvalue weighted by atomic mass is 9.76. The summed E-state index contributed by atoms with van der Waals surface area (Å²) in [4.78, 5) is 37.3. The second-order valence-corrected chi connectivity index (χ2v) is 10.0. The minimum Gasteiger partial charge on any atom is -0.465 e. The molecule has 1 saturated carbocycles. The molecule has 0 bridgehead atoms. The molecule has 0 aromatic rings. The summed E-state index contributed by atoms with van der Waals surface area (Å²) in [6.07, 6.45) is 13.3. The van der Waals surface area contributed by atoms with E-state index in [0.717, 1.165) is 57.8 Å². The Balaban J connectivity index is 2.32. The van der Waals surface area contributed by atoms with E-state index in [9.17, 15) is 14.4 Å². The average molecular weight is 467 g/mol. The number of hydrogen-bond donors (Lipinski definition) is 0. The quantitative estimate of drug-likeness (QED) is 0.202. The summed E-state index contributed by atoms with van der Waals surface area (Å²) in [5, 5.41) is 0. The molecule has 5 nitrogen and oxygen atoms in total. The first-order valence-electron chi connectivity index (χ1n) is 13.8. The van der Waals surface area contributed by atoms with Crippen molar-refractivity contribution < 1.29 is 23.9 Å². The summed E-state index contributed by atoms with van der Waals surface area (Å²) < 4.78 is 11.0. The molecule has 1 rings (SSSR count). The van der Waals surface area contributed by atoms with Gasteiger partial charge in [-0.05, 0) is 50.4 Å². The maximum Gasteiger partial charge on any atom is 0.305 e. The predicted octanol–water partition coefficient (Wildman–Crippen LogP) is 7.05. The van der Waals surface area contributed by atoms with E-state index in [1.54, 1.807) is 0 Å². The van der Waals surface area contributed by atoms with Crippen LogP contribution in [-0.4, -0.2) is 30.9 Å². The molecule has 4 atom stereocenters. The summed E-state index contributed by atoms with van der Waals surface area (Å²) >= 11 is 0. The molecule has 0 heterocycles. The largest absolute Gasteiger partial charge is 0.465 e. The molecule has 4 unspecified atom stereocenters. The maximum absolute atomic E-state index is 12.9. The van der Waals surface area contributed by atoms with Gasteiger partial charge in [-0.3, -0.25) is 14.4 Å². The second-order valence-electron chi connectivity index (χ2n) is 10.0. The van der Waals surface area contributed by atoms with E-state index in [2.05, 4.69) is 27.7 Å². The standard InChI is InChI=1S/C28H50O5/c1-5-9-12-22(7-3)20-32-26(29)18-16-24-14-11-15-25(28(24)31)17-19-27(30)33-21-23(8-4)13-10-6-2/h22-25H,5-21H2,1-4H3. The molecular formula is C28H50O5. The molecule has 0 aliphatic heterocycles. The van der Waals surface area contributed by atoms with E-state index in [4.69, 9.17) is 9.47 Å². The van der Waals surface area contributed by atoms with Crippen LogP contribution in [0.3, 0.4) is 0 Å². The van der Waals surface area contributed by atoms with Gasteiger partial charge in [0.1, 0.15) is 5.78 Å². The van der Waals surface area contributed by atoms with Crippen molar-refractivity contribution in [1.29, 1.82) is 0 Å². The van der Waals surface area contributed by atoms with Crippen molar-refractivity contribution in [3.63, 3.8) is 0 Å². The van der Waals surface area contributed by atoms with Crippen LogP contribution in [0.15, 0.2) is 0 Å². The fourth-order valence-corrected chi connectivity index (χ4v) is 4.75. The van der Waals surface area contributed by atoms with E-state index < -0.39 is 0 Å². The number of rotatable bonds is 18. The molecule has 1 fully saturated rings. The van der Waals surface area contributed by atoms with Crippen LogP contribution in [0.1, 0.15) is 124 Å². The Kier molecular flexibility index (Phi) is 16.2. The lowest BCUT2D eigenvalue weighted by molar-refractivity contribution is -0.146. The lowest BCUT2D eigenvalue weighted by Crippen LogP contribution is -2.30. The van der Waals surface area contributed by atoms with E-state index >= 15 is 0 Å². The number of carbonyl (C=O) groups excluding carboxylic acids is 3. The smallest absolute Gasteiger partial charge is 0.305 e. The van der Waals surface area contributed by atoms with Gasteiger partial charge in [0.15, 0.2) is 0 Å². The molecular weight excluding hydrogens is 416 g/mol. The SMILES string of the molecule is CCCCC(CC)COC(=O)CCC1CCCC(CCC(=O)OCC(CC)CCCC)C1=O. The highest BCUT2D eigenvalue weighted by Gasteiger charge is 2.31. The molecule has 0 aromatic carbocycles. The van der Waals surface area contributed by atoms with E-state index in [1.807, 2.05) is 0 Å². The Morgan fingerprint density at radius 1 is 0.788 bits per heavy atom. The van der Waals surface area contributed by atoms with Crippen molar-refractivity contribution in [2.75, 3.05) is 13.2 Å². The molecule has 0 saturated heterocycles. The summed E-state index contributed by atoms with van der Waals surface area (Å²) in [6.45, 7) is 9.61. The number of Topliss-reactive ketones (excluding diaryl/α,β-unsaturated/α-hetero) is 1. The number of ketones is 1. The lowest BCUT2D eigenvalue weighted by Gasteiger charge is -2.27. The predicted molar refractivity (Wildman–Crippen MR) is 133 cm³/mol. The number of ether oxygens (including phenoxy) is 2. The fraction of sp³-hybridized carbons (Fsp3) is 0.893. The third-order valence-corrected chi connectivity index (χ3v) is 7.35.